The van der Waals surface area contributed by atoms with E-state index in [9.17, 15) is 9.90 Å². The Balaban J connectivity index is 1.16. The minimum Gasteiger partial charge on any atom is -0.392 e. The molecule has 2 saturated heterocycles. The van der Waals surface area contributed by atoms with Crippen molar-refractivity contribution in [3.8, 4) is 11.3 Å². The minimum atomic E-state index is -0.329. The fraction of sp³-hybridized carbons (Fsp3) is 0.583. The molecule has 6 rings (SSSR count). The molecule has 6 nitrogen and oxygen atoms in total. The molecule has 1 amide bonds. The molecule has 4 heterocycles. The number of aliphatic hydroxyl groups excluding tert-OH is 1. The van der Waals surface area contributed by atoms with Gasteiger partial charge in [-0.15, -0.1) is 0 Å². The van der Waals surface area contributed by atoms with Gasteiger partial charge in [-0.3, -0.25) is 4.79 Å². The summed E-state index contributed by atoms with van der Waals surface area (Å²) in [5.41, 5.74) is 3.67. The summed E-state index contributed by atoms with van der Waals surface area (Å²) in [6, 6.07) is 8.68. The van der Waals surface area contributed by atoms with E-state index in [1.807, 2.05) is 17.4 Å². The highest BCUT2D eigenvalue weighted by Crippen LogP contribution is 2.59. The van der Waals surface area contributed by atoms with Crippen LogP contribution in [0.15, 0.2) is 36.8 Å². The van der Waals surface area contributed by atoms with Gasteiger partial charge in [0.15, 0.2) is 0 Å². The van der Waals surface area contributed by atoms with E-state index in [1.54, 1.807) is 0 Å². The molecule has 1 saturated carbocycles. The van der Waals surface area contributed by atoms with Crippen LogP contribution in [0.2, 0.25) is 0 Å². The van der Waals surface area contributed by atoms with E-state index in [0.29, 0.717) is 19.1 Å². The van der Waals surface area contributed by atoms with E-state index in [0.717, 1.165) is 50.9 Å². The van der Waals surface area contributed by atoms with Gasteiger partial charge in [-0.05, 0) is 37.7 Å². The van der Waals surface area contributed by atoms with Gasteiger partial charge < -0.3 is 19.3 Å². The fourth-order valence-corrected chi connectivity index (χ4v) is 6.46. The second kappa shape index (κ2) is 6.92. The van der Waals surface area contributed by atoms with Crippen molar-refractivity contribution in [1.29, 1.82) is 0 Å². The topological polar surface area (TPSA) is 67.6 Å². The Morgan fingerprint density at radius 1 is 1.17 bits per heavy atom. The van der Waals surface area contributed by atoms with Crippen LogP contribution in [0.25, 0.3) is 11.3 Å². The number of aromatic nitrogens is 2. The van der Waals surface area contributed by atoms with E-state index in [1.165, 1.54) is 11.1 Å². The Morgan fingerprint density at radius 3 is 2.70 bits per heavy atom. The molecule has 158 valence electrons. The number of nitrogens with zero attached hydrogens (tertiary/aromatic N) is 3. The number of hydrogen-bond acceptors (Lipinski definition) is 4. The van der Waals surface area contributed by atoms with Crippen LogP contribution in [0, 0.1) is 17.3 Å². The van der Waals surface area contributed by atoms with Crippen molar-refractivity contribution in [2.24, 2.45) is 17.3 Å². The number of carbonyl (C=O) groups excluding carboxylic acids is 1. The van der Waals surface area contributed by atoms with Gasteiger partial charge in [-0.2, -0.15) is 0 Å². The third kappa shape index (κ3) is 2.63. The quantitative estimate of drug-likeness (QED) is 0.831. The van der Waals surface area contributed by atoms with Gasteiger partial charge in [0.1, 0.15) is 0 Å². The summed E-state index contributed by atoms with van der Waals surface area (Å²) in [4.78, 5) is 19.3. The highest BCUT2D eigenvalue weighted by molar-refractivity contribution is 5.79. The van der Waals surface area contributed by atoms with Gasteiger partial charge in [0.05, 0.1) is 30.4 Å². The molecular weight excluding hydrogens is 378 g/mol. The summed E-state index contributed by atoms with van der Waals surface area (Å²) < 4.78 is 7.65. The van der Waals surface area contributed by atoms with Crippen LogP contribution in [0.1, 0.15) is 43.7 Å². The van der Waals surface area contributed by atoms with E-state index in [2.05, 4.69) is 33.8 Å². The molecule has 6 heteroatoms. The maximum atomic E-state index is 12.9. The lowest BCUT2D eigenvalue weighted by Crippen LogP contribution is -2.60. The first-order chi connectivity index (χ1) is 14.7. The van der Waals surface area contributed by atoms with Crippen LogP contribution in [0.3, 0.4) is 0 Å². The van der Waals surface area contributed by atoms with Crippen LogP contribution < -0.4 is 0 Å². The van der Waals surface area contributed by atoms with Crippen molar-refractivity contribution < 1.29 is 14.6 Å². The highest BCUT2D eigenvalue weighted by Gasteiger charge is 2.58. The molecule has 1 N–H and O–H groups in total. The summed E-state index contributed by atoms with van der Waals surface area (Å²) >= 11 is 0. The number of hydrogen-bond donors (Lipinski definition) is 1. The predicted molar refractivity (Wildman–Crippen MR) is 112 cm³/mol. The largest absolute Gasteiger partial charge is 0.392 e. The van der Waals surface area contributed by atoms with Gasteiger partial charge >= 0.3 is 0 Å². The molecule has 2 aromatic rings. The molecule has 1 spiro atoms. The first-order valence-corrected chi connectivity index (χ1v) is 11.3. The Kier molecular flexibility index (Phi) is 4.29. The number of piperidine rings is 1. The smallest absolute Gasteiger partial charge is 0.225 e. The first kappa shape index (κ1) is 18.6. The SMILES string of the molecule is O=C(C1CCOCC1)N1CCC2(CC1)CC(C1c3ccccc3-c3cncn31)C2O. The second-order valence-corrected chi connectivity index (χ2v) is 9.61. The second-order valence-electron chi connectivity index (χ2n) is 9.61. The Labute approximate surface area is 176 Å². The Morgan fingerprint density at radius 2 is 1.93 bits per heavy atom. The number of rotatable bonds is 2. The molecule has 3 unspecified atom stereocenters. The van der Waals surface area contributed by atoms with Gasteiger partial charge in [0.2, 0.25) is 5.91 Å². The Hall–Kier alpha value is -2.18. The molecule has 1 aromatic carbocycles. The zero-order valence-electron chi connectivity index (χ0n) is 17.2. The number of aliphatic hydroxyl groups is 1. The fourth-order valence-electron chi connectivity index (χ4n) is 6.46. The first-order valence-electron chi connectivity index (χ1n) is 11.3. The molecule has 30 heavy (non-hydrogen) atoms. The zero-order valence-corrected chi connectivity index (χ0v) is 17.2. The number of amides is 1. The molecule has 1 aromatic heterocycles. The van der Waals surface area contributed by atoms with Crippen molar-refractivity contribution in [3.63, 3.8) is 0 Å². The number of carbonyl (C=O) groups is 1. The number of benzene rings is 1. The van der Waals surface area contributed by atoms with Crippen molar-refractivity contribution in [2.75, 3.05) is 26.3 Å². The Bertz CT molecular complexity index is 956. The molecule has 1 aliphatic carbocycles. The summed E-state index contributed by atoms with van der Waals surface area (Å²) in [6.45, 7) is 2.95. The molecule has 3 aliphatic heterocycles. The van der Waals surface area contributed by atoms with Gasteiger partial charge in [-0.25, -0.2) is 4.98 Å². The lowest BCUT2D eigenvalue weighted by molar-refractivity contribution is -0.167. The molecule has 0 radical (unpaired) electrons. The monoisotopic (exact) mass is 407 g/mol. The highest BCUT2D eigenvalue weighted by atomic mass is 16.5. The van der Waals surface area contributed by atoms with Crippen molar-refractivity contribution in [1.82, 2.24) is 14.5 Å². The number of likely N-dealkylation sites (tertiary alicyclic amines) is 1. The third-order valence-electron chi connectivity index (χ3n) is 8.24. The molecule has 3 fully saturated rings. The van der Waals surface area contributed by atoms with Crippen molar-refractivity contribution in [3.05, 3.63) is 42.4 Å². The van der Waals surface area contributed by atoms with Crippen LogP contribution >= 0.6 is 0 Å². The minimum absolute atomic E-state index is 0.0323. The van der Waals surface area contributed by atoms with Gasteiger partial charge in [0, 0.05) is 49.1 Å². The molecule has 4 aliphatic rings. The van der Waals surface area contributed by atoms with Gasteiger partial charge in [-0.1, -0.05) is 24.3 Å². The van der Waals surface area contributed by atoms with E-state index < -0.39 is 0 Å². The number of imidazole rings is 1. The maximum absolute atomic E-state index is 12.9. The normalized spacial score (nSPS) is 30.0. The lowest BCUT2D eigenvalue weighted by Gasteiger charge is -2.58. The lowest BCUT2D eigenvalue weighted by atomic mass is 9.53. The summed E-state index contributed by atoms with van der Waals surface area (Å²) in [6.07, 6.45) is 8.04. The molecular formula is C24H29N3O3. The van der Waals surface area contributed by atoms with Crippen molar-refractivity contribution >= 4 is 5.91 Å². The number of fused-ring (bicyclic) bond motifs is 3. The zero-order chi connectivity index (χ0) is 20.3. The van der Waals surface area contributed by atoms with E-state index in [-0.39, 0.29) is 29.4 Å². The standard InChI is InChI=1S/C24H29N3O3/c28-22-19(21-18-4-2-1-3-17(18)20-14-25-15-27(20)21)13-24(22)7-9-26(10-8-24)23(29)16-5-11-30-12-6-16/h1-4,14-16,19,21-22,28H,5-13H2. The summed E-state index contributed by atoms with van der Waals surface area (Å²) in [7, 11) is 0. The maximum Gasteiger partial charge on any atom is 0.225 e. The average molecular weight is 408 g/mol. The summed E-state index contributed by atoms with van der Waals surface area (Å²) in [5, 5.41) is 11.4. The van der Waals surface area contributed by atoms with Gasteiger partial charge in [0.25, 0.3) is 0 Å². The van der Waals surface area contributed by atoms with Crippen LogP contribution in [-0.2, 0) is 9.53 Å². The van der Waals surface area contributed by atoms with Crippen LogP contribution in [0.5, 0.6) is 0 Å². The van der Waals surface area contributed by atoms with Crippen molar-refractivity contribution in [2.45, 2.75) is 44.2 Å². The molecule has 3 atom stereocenters. The van der Waals surface area contributed by atoms with Crippen LogP contribution in [0.4, 0.5) is 0 Å². The average Bonchev–Trinajstić information content (AvgIpc) is 3.39. The molecule has 0 bridgehead atoms. The number of ether oxygens (including phenoxy) is 1. The summed E-state index contributed by atoms with van der Waals surface area (Å²) in [5.74, 6) is 0.632. The predicted octanol–water partition coefficient (Wildman–Crippen LogP) is 2.87. The van der Waals surface area contributed by atoms with Crippen LogP contribution in [-0.4, -0.2) is 57.9 Å². The van der Waals surface area contributed by atoms with E-state index >= 15 is 0 Å². The third-order valence-corrected chi connectivity index (χ3v) is 8.24. The van der Waals surface area contributed by atoms with E-state index in [4.69, 9.17) is 4.74 Å².